The third-order valence-corrected chi connectivity index (χ3v) is 1.64. The van der Waals surface area contributed by atoms with Crippen LogP contribution in [0.1, 0.15) is 6.92 Å². The van der Waals surface area contributed by atoms with Crippen molar-refractivity contribution in [2.45, 2.75) is 13.0 Å². The number of nitrogens with zero attached hydrogens (tertiary/aromatic N) is 2. The van der Waals surface area contributed by atoms with Crippen LogP contribution in [-0.4, -0.2) is 23.9 Å². The molecule has 1 unspecified atom stereocenters. The maximum atomic E-state index is 5.20. The summed E-state index contributed by atoms with van der Waals surface area (Å²) in [4.78, 5) is 5.96. The van der Waals surface area contributed by atoms with Gasteiger partial charge < -0.3 is 4.90 Å². The van der Waals surface area contributed by atoms with Crippen molar-refractivity contribution in [3.05, 3.63) is 12.3 Å². The van der Waals surface area contributed by atoms with Gasteiger partial charge in [0.1, 0.15) is 0 Å². The number of rotatable bonds is 0. The Morgan fingerprint density at radius 1 is 1.80 bits per heavy atom. The quantitative estimate of drug-likeness (QED) is 0.357. The number of hydrogen-bond acceptors (Lipinski definition) is 4. The van der Waals surface area contributed by atoms with Crippen LogP contribution in [0.25, 0.3) is 0 Å². The van der Waals surface area contributed by atoms with Crippen LogP contribution in [0.15, 0.2) is 17.3 Å². The van der Waals surface area contributed by atoms with E-state index < -0.39 is 0 Å². The van der Waals surface area contributed by atoms with E-state index in [0.717, 1.165) is 0 Å². The average Bonchev–Trinajstić information content (AvgIpc) is 1.95. The zero-order chi connectivity index (χ0) is 7.56. The van der Waals surface area contributed by atoms with Gasteiger partial charge in [-0.3, -0.25) is 5.43 Å². The molecule has 0 saturated heterocycles. The summed E-state index contributed by atoms with van der Waals surface area (Å²) in [5.74, 6) is 5.90. The van der Waals surface area contributed by atoms with Gasteiger partial charge in [0.05, 0.1) is 0 Å². The smallest absolute Gasteiger partial charge is 0.213 e. The van der Waals surface area contributed by atoms with Gasteiger partial charge in [-0.1, -0.05) is 0 Å². The molecule has 0 radical (unpaired) electrons. The number of aliphatic imine (C=N–C) groups is 1. The highest BCUT2D eigenvalue weighted by Crippen LogP contribution is 2.02. The van der Waals surface area contributed by atoms with Crippen molar-refractivity contribution < 1.29 is 0 Å². The molecule has 1 atom stereocenters. The van der Waals surface area contributed by atoms with E-state index in [4.69, 9.17) is 5.84 Å². The molecular formula is C6H12N4. The second-order valence-electron chi connectivity index (χ2n) is 2.29. The van der Waals surface area contributed by atoms with Crippen LogP contribution in [0.3, 0.4) is 0 Å². The zero-order valence-corrected chi connectivity index (χ0v) is 6.20. The maximum Gasteiger partial charge on any atom is 0.213 e. The maximum absolute atomic E-state index is 5.20. The molecule has 0 amide bonds. The van der Waals surface area contributed by atoms with Crippen LogP contribution < -0.4 is 11.3 Å². The Hall–Kier alpha value is -1.03. The second kappa shape index (κ2) is 2.70. The van der Waals surface area contributed by atoms with E-state index in [0.29, 0.717) is 12.0 Å². The van der Waals surface area contributed by atoms with Gasteiger partial charge in [0.25, 0.3) is 0 Å². The summed E-state index contributed by atoms with van der Waals surface area (Å²) in [5, 5.41) is 0. The van der Waals surface area contributed by atoms with Gasteiger partial charge in [0.15, 0.2) is 0 Å². The predicted molar refractivity (Wildman–Crippen MR) is 41.1 cm³/mol. The van der Waals surface area contributed by atoms with Crippen molar-refractivity contribution >= 4 is 5.96 Å². The lowest BCUT2D eigenvalue weighted by atomic mass is 10.3. The van der Waals surface area contributed by atoms with E-state index in [2.05, 4.69) is 17.3 Å². The van der Waals surface area contributed by atoms with E-state index in [1.807, 2.05) is 18.0 Å². The molecule has 10 heavy (non-hydrogen) atoms. The molecule has 1 aliphatic rings. The Labute approximate surface area is 60.4 Å². The third kappa shape index (κ3) is 1.11. The van der Waals surface area contributed by atoms with Gasteiger partial charge in [0, 0.05) is 19.3 Å². The summed E-state index contributed by atoms with van der Waals surface area (Å²) < 4.78 is 0. The number of hydrogen-bond donors (Lipinski definition) is 2. The fourth-order valence-corrected chi connectivity index (χ4v) is 0.790. The van der Waals surface area contributed by atoms with Crippen molar-refractivity contribution in [3.63, 3.8) is 0 Å². The van der Waals surface area contributed by atoms with Crippen molar-refractivity contribution in [1.82, 2.24) is 10.3 Å². The second-order valence-corrected chi connectivity index (χ2v) is 2.29. The summed E-state index contributed by atoms with van der Waals surface area (Å²) >= 11 is 0. The molecule has 0 saturated carbocycles. The highest BCUT2D eigenvalue weighted by atomic mass is 15.4. The Kier molecular flexibility index (Phi) is 1.91. The van der Waals surface area contributed by atoms with Gasteiger partial charge in [-0.15, -0.1) is 0 Å². The van der Waals surface area contributed by atoms with Crippen LogP contribution in [0.5, 0.6) is 0 Å². The molecule has 0 spiro atoms. The first kappa shape index (κ1) is 7.08. The van der Waals surface area contributed by atoms with Crippen molar-refractivity contribution in [1.29, 1.82) is 0 Å². The van der Waals surface area contributed by atoms with E-state index in [-0.39, 0.29) is 0 Å². The van der Waals surface area contributed by atoms with Crippen LogP contribution in [0.4, 0.5) is 0 Å². The van der Waals surface area contributed by atoms with Crippen LogP contribution in [0.2, 0.25) is 0 Å². The minimum Gasteiger partial charge on any atom is -0.338 e. The summed E-state index contributed by atoms with van der Waals surface area (Å²) in [6, 6.07) is 0.364. The topological polar surface area (TPSA) is 53.6 Å². The van der Waals surface area contributed by atoms with E-state index in [1.165, 1.54) is 0 Å². The van der Waals surface area contributed by atoms with Crippen molar-refractivity contribution in [3.8, 4) is 0 Å². The third-order valence-electron chi connectivity index (χ3n) is 1.64. The lowest BCUT2D eigenvalue weighted by Crippen LogP contribution is -2.47. The Balaban J connectivity index is 2.71. The van der Waals surface area contributed by atoms with Crippen LogP contribution in [0, 0.1) is 0 Å². The molecule has 3 N–H and O–H groups in total. The number of likely N-dealkylation sites (N-methyl/N-ethyl adjacent to an activating group) is 1. The molecule has 0 fully saturated rings. The number of nitrogens with one attached hydrogen (secondary N) is 1. The summed E-state index contributed by atoms with van der Waals surface area (Å²) in [6.45, 7) is 2.07. The first-order valence-corrected chi connectivity index (χ1v) is 3.19. The van der Waals surface area contributed by atoms with Gasteiger partial charge in [-0.05, 0) is 13.0 Å². The molecule has 4 heteroatoms. The molecular weight excluding hydrogens is 128 g/mol. The molecule has 1 aliphatic heterocycles. The average molecular weight is 140 g/mol. The van der Waals surface area contributed by atoms with Crippen molar-refractivity contribution in [2.75, 3.05) is 7.05 Å². The molecule has 0 aromatic heterocycles. The van der Waals surface area contributed by atoms with Gasteiger partial charge in [-0.2, -0.15) is 0 Å². The predicted octanol–water partition coefficient (Wildman–Crippen LogP) is -0.347. The molecule has 1 rings (SSSR count). The van der Waals surface area contributed by atoms with E-state index >= 15 is 0 Å². The minimum atomic E-state index is 0.364. The van der Waals surface area contributed by atoms with Gasteiger partial charge in [-0.25, -0.2) is 10.8 Å². The fourth-order valence-electron chi connectivity index (χ4n) is 0.790. The fraction of sp³-hybridized carbons (Fsp3) is 0.500. The Bertz CT molecular complexity index is 173. The lowest BCUT2D eigenvalue weighted by Gasteiger charge is -2.26. The Morgan fingerprint density at radius 3 is 3.00 bits per heavy atom. The summed E-state index contributed by atoms with van der Waals surface area (Å²) in [7, 11) is 1.94. The first-order valence-electron chi connectivity index (χ1n) is 3.19. The highest BCUT2D eigenvalue weighted by molar-refractivity contribution is 5.80. The summed E-state index contributed by atoms with van der Waals surface area (Å²) in [5.41, 5.74) is 2.51. The molecule has 0 aliphatic carbocycles. The molecule has 0 bridgehead atoms. The van der Waals surface area contributed by atoms with Gasteiger partial charge >= 0.3 is 0 Å². The normalized spacial score (nSPS) is 24.5. The van der Waals surface area contributed by atoms with Crippen LogP contribution in [-0.2, 0) is 0 Å². The largest absolute Gasteiger partial charge is 0.338 e. The lowest BCUT2D eigenvalue weighted by molar-refractivity contribution is 0.429. The highest BCUT2D eigenvalue weighted by Gasteiger charge is 2.12. The van der Waals surface area contributed by atoms with E-state index in [9.17, 15) is 0 Å². The van der Waals surface area contributed by atoms with Crippen LogP contribution >= 0.6 is 0 Å². The van der Waals surface area contributed by atoms with E-state index in [1.54, 1.807) is 6.20 Å². The number of hydrazine groups is 1. The zero-order valence-electron chi connectivity index (χ0n) is 6.20. The monoisotopic (exact) mass is 140 g/mol. The summed E-state index contributed by atoms with van der Waals surface area (Å²) in [6.07, 6.45) is 3.75. The van der Waals surface area contributed by atoms with Crippen molar-refractivity contribution in [2.24, 2.45) is 10.8 Å². The molecule has 0 aromatic rings. The molecule has 1 heterocycles. The Morgan fingerprint density at radius 2 is 2.50 bits per heavy atom. The number of nitrogens with two attached hydrogens (primary N) is 1. The van der Waals surface area contributed by atoms with Gasteiger partial charge in [0.2, 0.25) is 5.96 Å². The minimum absolute atomic E-state index is 0.364. The first-order chi connectivity index (χ1) is 4.75. The molecule has 4 nitrogen and oxygen atoms in total. The standard InChI is InChI=1S/C6H12N4/c1-5-3-4-8-6(9-7)10(5)2/h3-5H,7H2,1-2H3,(H,8,9). The molecule has 56 valence electrons. The molecule has 0 aromatic carbocycles. The number of guanidine groups is 1. The SMILES string of the molecule is CC1C=CN=C(NN)N1C.